The highest BCUT2D eigenvalue weighted by Crippen LogP contribution is 2.50. The van der Waals surface area contributed by atoms with Crippen LogP contribution in [0.1, 0.15) is 25.0 Å². The van der Waals surface area contributed by atoms with E-state index >= 15 is 0 Å². The summed E-state index contributed by atoms with van der Waals surface area (Å²) in [4.78, 5) is 16.1. The number of benzene rings is 8. The first-order valence-electron chi connectivity index (χ1n) is 19.5. The third kappa shape index (κ3) is 4.70. The zero-order valence-corrected chi connectivity index (χ0v) is 32.2. The molecule has 0 bridgehead atoms. The van der Waals surface area contributed by atoms with E-state index in [4.69, 9.17) is 15.0 Å². The van der Waals surface area contributed by atoms with Crippen LogP contribution in [0.15, 0.2) is 170 Å². The maximum Gasteiger partial charge on any atom is 0.238 e. The second-order valence-corrected chi connectivity index (χ2v) is 16.6. The standard InChI is InChI=1S/C52H34N4S/c1-52(2)41-21-11-8-16-35(41)36-29-28-34(30-42(36)52)50-53-49(33-26-24-32(25-27-33)31-14-4-3-5-15-31)54-51(55-50)56-43-22-12-9-19-39(43)45-37-17-6-7-18-38(37)46-40-20-10-13-23-44(40)57-48(46)47(45)56/h3-30H,1-2H3. The molecule has 0 saturated heterocycles. The number of fused-ring (bicyclic) bond motifs is 13. The summed E-state index contributed by atoms with van der Waals surface area (Å²) >= 11 is 1.85. The monoisotopic (exact) mass is 746 g/mol. The van der Waals surface area contributed by atoms with E-state index in [-0.39, 0.29) is 5.41 Å². The Hall–Kier alpha value is -6.95. The Morgan fingerprint density at radius 3 is 1.84 bits per heavy atom. The lowest BCUT2D eigenvalue weighted by molar-refractivity contribution is 0.660. The highest BCUT2D eigenvalue weighted by molar-refractivity contribution is 7.27. The molecule has 5 heteroatoms. The van der Waals surface area contributed by atoms with Gasteiger partial charge in [-0.25, -0.2) is 4.98 Å². The van der Waals surface area contributed by atoms with Crippen molar-refractivity contribution in [3.8, 4) is 51.0 Å². The number of para-hydroxylation sites is 1. The van der Waals surface area contributed by atoms with Gasteiger partial charge in [-0.3, -0.25) is 4.57 Å². The Morgan fingerprint density at radius 1 is 0.456 bits per heavy atom. The minimum atomic E-state index is -0.158. The van der Waals surface area contributed by atoms with E-state index in [9.17, 15) is 0 Å². The molecule has 1 aliphatic carbocycles. The van der Waals surface area contributed by atoms with Crippen LogP contribution in [0.3, 0.4) is 0 Å². The van der Waals surface area contributed by atoms with Gasteiger partial charge in [-0.15, -0.1) is 11.3 Å². The topological polar surface area (TPSA) is 43.6 Å². The van der Waals surface area contributed by atoms with Gasteiger partial charge in [0, 0.05) is 42.8 Å². The summed E-state index contributed by atoms with van der Waals surface area (Å²) < 4.78 is 4.79. The van der Waals surface area contributed by atoms with Crippen LogP contribution in [-0.4, -0.2) is 19.5 Å². The van der Waals surface area contributed by atoms with Gasteiger partial charge in [0.25, 0.3) is 0 Å². The van der Waals surface area contributed by atoms with Crippen LogP contribution in [0, 0.1) is 0 Å². The third-order valence-corrected chi connectivity index (χ3v) is 13.2. The van der Waals surface area contributed by atoms with E-state index in [2.05, 4.69) is 188 Å². The van der Waals surface area contributed by atoms with E-state index in [1.54, 1.807) is 0 Å². The first kappa shape index (κ1) is 32.3. The van der Waals surface area contributed by atoms with E-state index < -0.39 is 0 Å². The maximum absolute atomic E-state index is 5.45. The fraction of sp³-hybridized carbons (Fsp3) is 0.0577. The summed E-state index contributed by atoms with van der Waals surface area (Å²) in [7, 11) is 0. The van der Waals surface area contributed by atoms with E-state index in [0.29, 0.717) is 17.6 Å². The molecule has 12 rings (SSSR count). The molecular formula is C52H34N4S. The number of hydrogen-bond donors (Lipinski definition) is 0. The zero-order valence-electron chi connectivity index (χ0n) is 31.4. The lowest BCUT2D eigenvalue weighted by atomic mass is 9.82. The largest absolute Gasteiger partial charge is 0.276 e. The van der Waals surface area contributed by atoms with Crippen molar-refractivity contribution in [2.75, 3.05) is 0 Å². The lowest BCUT2D eigenvalue weighted by Crippen LogP contribution is -2.15. The van der Waals surface area contributed by atoms with Gasteiger partial charge in [0.05, 0.1) is 15.7 Å². The number of aromatic nitrogens is 4. The molecule has 57 heavy (non-hydrogen) atoms. The Bertz CT molecular complexity index is 3430. The summed E-state index contributed by atoms with van der Waals surface area (Å²) in [5, 5.41) is 7.42. The molecule has 3 heterocycles. The van der Waals surface area contributed by atoms with Crippen LogP contribution < -0.4 is 0 Å². The molecule has 0 radical (unpaired) electrons. The molecule has 0 fully saturated rings. The maximum atomic E-state index is 5.45. The summed E-state index contributed by atoms with van der Waals surface area (Å²) in [5.41, 5.74) is 11.5. The van der Waals surface area contributed by atoms with Crippen LogP contribution in [0.25, 0.3) is 104 Å². The molecule has 0 saturated carbocycles. The second kappa shape index (κ2) is 12.0. The number of hydrogen-bond acceptors (Lipinski definition) is 4. The van der Waals surface area contributed by atoms with Crippen LogP contribution in [-0.2, 0) is 5.41 Å². The van der Waals surface area contributed by atoms with Crippen molar-refractivity contribution in [1.29, 1.82) is 0 Å². The molecule has 3 aromatic heterocycles. The molecular weight excluding hydrogens is 713 g/mol. The van der Waals surface area contributed by atoms with Gasteiger partial charge < -0.3 is 0 Å². The molecule has 0 aliphatic heterocycles. The highest BCUT2D eigenvalue weighted by atomic mass is 32.1. The molecule has 1 aliphatic rings. The van der Waals surface area contributed by atoms with Crippen molar-refractivity contribution >= 4 is 64.1 Å². The van der Waals surface area contributed by atoms with Gasteiger partial charge >= 0.3 is 0 Å². The predicted molar refractivity (Wildman–Crippen MR) is 238 cm³/mol. The van der Waals surface area contributed by atoms with Gasteiger partial charge in [-0.1, -0.05) is 166 Å². The SMILES string of the molecule is CC1(C)c2ccccc2-c2ccc(-c3nc(-c4ccc(-c5ccccc5)cc4)nc(-n4c5ccccc5c5c6ccccc6c6c7ccccc7sc6c54)n3)cc21. The lowest BCUT2D eigenvalue weighted by Gasteiger charge is -2.21. The van der Waals surface area contributed by atoms with Crippen molar-refractivity contribution in [2.45, 2.75) is 19.3 Å². The van der Waals surface area contributed by atoms with Crippen molar-refractivity contribution in [1.82, 2.24) is 19.5 Å². The van der Waals surface area contributed by atoms with Crippen molar-refractivity contribution in [3.05, 3.63) is 181 Å². The molecule has 0 N–H and O–H groups in total. The quantitative estimate of drug-likeness (QED) is 0.180. The van der Waals surface area contributed by atoms with E-state index in [1.165, 1.54) is 69.5 Å². The molecule has 8 aromatic carbocycles. The van der Waals surface area contributed by atoms with Gasteiger partial charge in [0.2, 0.25) is 5.95 Å². The smallest absolute Gasteiger partial charge is 0.238 e. The number of rotatable bonds is 4. The number of nitrogens with zero attached hydrogens (tertiary/aromatic N) is 4. The Morgan fingerprint density at radius 2 is 1.04 bits per heavy atom. The van der Waals surface area contributed by atoms with Crippen LogP contribution in [0.2, 0.25) is 0 Å². The molecule has 4 nitrogen and oxygen atoms in total. The first-order valence-corrected chi connectivity index (χ1v) is 20.3. The number of thiophene rings is 1. The molecule has 11 aromatic rings. The van der Waals surface area contributed by atoms with Crippen LogP contribution >= 0.6 is 11.3 Å². The Labute approximate surface area is 333 Å². The van der Waals surface area contributed by atoms with E-state index in [1.807, 2.05) is 11.3 Å². The Kier molecular flexibility index (Phi) is 6.82. The molecule has 0 amide bonds. The van der Waals surface area contributed by atoms with Gasteiger partial charge in [0.15, 0.2) is 11.6 Å². The average Bonchev–Trinajstić information content (AvgIpc) is 3.90. The van der Waals surface area contributed by atoms with Gasteiger partial charge in [0.1, 0.15) is 0 Å². The Balaban J connectivity index is 1.16. The summed E-state index contributed by atoms with van der Waals surface area (Å²) in [6.07, 6.45) is 0. The van der Waals surface area contributed by atoms with Gasteiger partial charge in [-0.2, -0.15) is 9.97 Å². The highest BCUT2D eigenvalue weighted by Gasteiger charge is 2.35. The van der Waals surface area contributed by atoms with Crippen LogP contribution in [0.5, 0.6) is 0 Å². The zero-order chi connectivity index (χ0) is 37.8. The molecule has 268 valence electrons. The fourth-order valence-electron chi connectivity index (χ4n) is 9.34. The summed E-state index contributed by atoms with van der Waals surface area (Å²) in [5.74, 6) is 1.89. The van der Waals surface area contributed by atoms with Crippen molar-refractivity contribution in [2.24, 2.45) is 0 Å². The fourth-order valence-corrected chi connectivity index (χ4v) is 10.6. The van der Waals surface area contributed by atoms with Crippen LogP contribution in [0.4, 0.5) is 0 Å². The predicted octanol–water partition coefficient (Wildman–Crippen LogP) is 13.8. The van der Waals surface area contributed by atoms with Crippen molar-refractivity contribution in [3.63, 3.8) is 0 Å². The normalized spacial score (nSPS) is 13.2. The van der Waals surface area contributed by atoms with E-state index in [0.717, 1.165) is 27.7 Å². The molecule has 0 unspecified atom stereocenters. The minimum Gasteiger partial charge on any atom is -0.276 e. The summed E-state index contributed by atoms with van der Waals surface area (Å²) in [6.45, 7) is 4.64. The first-order chi connectivity index (χ1) is 28.0. The minimum absolute atomic E-state index is 0.158. The molecule has 0 spiro atoms. The van der Waals surface area contributed by atoms with Gasteiger partial charge in [-0.05, 0) is 62.4 Å². The average molecular weight is 747 g/mol. The molecule has 0 atom stereocenters. The second-order valence-electron chi connectivity index (χ2n) is 15.6. The van der Waals surface area contributed by atoms with Crippen molar-refractivity contribution < 1.29 is 0 Å². The third-order valence-electron chi connectivity index (χ3n) is 12.1. The summed E-state index contributed by atoms with van der Waals surface area (Å²) in [6, 6.07) is 60.9.